The van der Waals surface area contributed by atoms with E-state index >= 15 is 0 Å². The summed E-state index contributed by atoms with van der Waals surface area (Å²) in [7, 11) is 0. The van der Waals surface area contributed by atoms with Crippen molar-refractivity contribution in [2.24, 2.45) is 10.7 Å². The van der Waals surface area contributed by atoms with Crippen molar-refractivity contribution in [2.45, 2.75) is 6.54 Å². The molecule has 4 aromatic carbocycles. The maximum Gasteiger partial charge on any atom is 0.193 e. The lowest BCUT2D eigenvalue weighted by molar-refractivity contribution is 1.07. The second kappa shape index (κ2) is 6.29. The molecule has 0 saturated heterocycles. The molecule has 1 aliphatic rings. The Kier molecular flexibility index (Phi) is 3.65. The normalized spacial score (nSPS) is 12.8. The van der Waals surface area contributed by atoms with E-state index in [0.717, 1.165) is 5.69 Å². The lowest BCUT2D eigenvalue weighted by Crippen LogP contribution is -2.22. The van der Waals surface area contributed by atoms with Gasteiger partial charge in [0, 0.05) is 11.1 Å². The zero-order valence-electron chi connectivity index (χ0n) is 14.8. The molecule has 0 amide bonds. The van der Waals surface area contributed by atoms with E-state index in [1.807, 2.05) is 0 Å². The molecule has 5 rings (SSSR count). The Bertz CT molecular complexity index is 1220. The second-order valence-corrected chi connectivity index (χ2v) is 6.77. The van der Waals surface area contributed by atoms with E-state index < -0.39 is 0 Å². The molecule has 0 atom stereocenters. The number of benzene rings is 4. The molecule has 130 valence electrons. The van der Waals surface area contributed by atoms with E-state index in [2.05, 4.69) is 95.3 Å². The predicted molar refractivity (Wildman–Crippen MR) is 116 cm³/mol. The van der Waals surface area contributed by atoms with Crippen LogP contribution in [0.3, 0.4) is 0 Å². The molecule has 3 N–H and O–H groups in total. The number of anilines is 1. The number of hydrogen-bond acceptors (Lipinski definition) is 1. The SMILES string of the molecule is NC(=NCc1cccc2ccccc12)Nc1ccc2c3c(cccc13)C=C2. The molecule has 1 aliphatic carbocycles. The van der Waals surface area contributed by atoms with Gasteiger partial charge in [0.25, 0.3) is 0 Å². The first-order valence-electron chi connectivity index (χ1n) is 9.07. The standard InChI is InChI=1S/C24H19N3/c25-24(26-15-19-8-3-6-16-5-1-2-9-20(16)19)27-22-14-13-18-12-11-17-7-4-10-21(22)23(17)18/h1-14H,15H2,(H3,25,26,27). The zero-order chi connectivity index (χ0) is 18.2. The third kappa shape index (κ3) is 2.74. The molecule has 3 nitrogen and oxygen atoms in total. The van der Waals surface area contributed by atoms with Gasteiger partial charge in [0.2, 0.25) is 0 Å². The molecule has 3 heteroatoms. The van der Waals surface area contributed by atoms with Gasteiger partial charge in [-0.25, -0.2) is 4.99 Å². The van der Waals surface area contributed by atoms with Crippen LogP contribution in [0.1, 0.15) is 16.7 Å². The van der Waals surface area contributed by atoms with Crippen LogP contribution in [0.5, 0.6) is 0 Å². The van der Waals surface area contributed by atoms with Gasteiger partial charge in [0.1, 0.15) is 0 Å². The number of nitrogens with two attached hydrogens (primary N) is 1. The van der Waals surface area contributed by atoms with Gasteiger partial charge in [-0.15, -0.1) is 0 Å². The van der Waals surface area contributed by atoms with Crippen LogP contribution in [-0.4, -0.2) is 5.96 Å². The van der Waals surface area contributed by atoms with Crippen molar-refractivity contribution < 1.29 is 0 Å². The van der Waals surface area contributed by atoms with Crippen LogP contribution in [0.25, 0.3) is 33.7 Å². The third-order valence-corrected chi connectivity index (χ3v) is 5.11. The Morgan fingerprint density at radius 1 is 0.778 bits per heavy atom. The average Bonchev–Trinajstić information content (AvgIpc) is 3.13. The van der Waals surface area contributed by atoms with Crippen molar-refractivity contribution in [1.29, 1.82) is 0 Å². The monoisotopic (exact) mass is 349 g/mol. The van der Waals surface area contributed by atoms with E-state index in [1.165, 1.54) is 38.2 Å². The number of aliphatic imine (C=N–C) groups is 1. The van der Waals surface area contributed by atoms with E-state index in [4.69, 9.17) is 5.73 Å². The predicted octanol–water partition coefficient (Wildman–Crippen LogP) is 5.40. The topological polar surface area (TPSA) is 50.4 Å². The third-order valence-electron chi connectivity index (χ3n) is 5.11. The van der Waals surface area contributed by atoms with E-state index in [0.29, 0.717) is 12.5 Å². The van der Waals surface area contributed by atoms with Gasteiger partial charge in [0.15, 0.2) is 5.96 Å². The molecule has 0 spiro atoms. The molecule has 0 aromatic heterocycles. The summed E-state index contributed by atoms with van der Waals surface area (Å²) in [4.78, 5) is 4.57. The van der Waals surface area contributed by atoms with Gasteiger partial charge in [-0.3, -0.25) is 0 Å². The van der Waals surface area contributed by atoms with Gasteiger partial charge in [-0.2, -0.15) is 0 Å². The van der Waals surface area contributed by atoms with Crippen LogP contribution in [-0.2, 0) is 6.54 Å². The number of nitrogens with zero attached hydrogens (tertiary/aromatic N) is 1. The molecule has 0 saturated carbocycles. The Morgan fingerprint density at radius 3 is 2.44 bits per heavy atom. The lowest BCUT2D eigenvalue weighted by atomic mass is 10.0. The molecule has 27 heavy (non-hydrogen) atoms. The Morgan fingerprint density at radius 2 is 1.52 bits per heavy atom. The highest BCUT2D eigenvalue weighted by Gasteiger charge is 2.11. The Balaban J connectivity index is 1.44. The molecule has 0 fully saturated rings. The summed E-state index contributed by atoms with van der Waals surface area (Å²) in [6, 6.07) is 25.1. The Labute approximate surface area is 157 Å². The summed E-state index contributed by atoms with van der Waals surface area (Å²) in [5, 5.41) is 8.15. The minimum Gasteiger partial charge on any atom is -0.370 e. The fourth-order valence-corrected chi connectivity index (χ4v) is 3.81. The molecule has 0 heterocycles. The van der Waals surface area contributed by atoms with Crippen LogP contribution in [0.4, 0.5) is 5.69 Å². The first-order valence-corrected chi connectivity index (χ1v) is 9.07. The molecule has 0 unspecified atom stereocenters. The van der Waals surface area contributed by atoms with Gasteiger partial charge < -0.3 is 11.1 Å². The van der Waals surface area contributed by atoms with Crippen LogP contribution in [0.15, 0.2) is 77.8 Å². The fraction of sp³-hybridized carbons (Fsp3) is 0.0417. The lowest BCUT2D eigenvalue weighted by Gasteiger charge is -2.11. The highest BCUT2D eigenvalue weighted by Crippen LogP contribution is 2.35. The number of fused-ring (bicyclic) bond motifs is 1. The molecule has 0 radical (unpaired) electrons. The highest BCUT2D eigenvalue weighted by molar-refractivity contribution is 6.11. The number of hydrogen-bond donors (Lipinski definition) is 2. The van der Waals surface area contributed by atoms with Crippen molar-refractivity contribution in [3.8, 4) is 0 Å². The van der Waals surface area contributed by atoms with Crippen LogP contribution >= 0.6 is 0 Å². The quantitative estimate of drug-likeness (QED) is 0.338. The van der Waals surface area contributed by atoms with Gasteiger partial charge in [-0.1, -0.05) is 78.9 Å². The summed E-state index contributed by atoms with van der Waals surface area (Å²) in [5.41, 5.74) is 10.9. The van der Waals surface area contributed by atoms with Crippen molar-refractivity contribution in [1.82, 2.24) is 0 Å². The van der Waals surface area contributed by atoms with Crippen LogP contribution < -0.4 is 11.1 Å². The summed E-state index contributed by atoms with van der Waals surface area (Å²) < 4.78 is 0. The first kappa shape index (κ1) is 15.6. The largest absolute Gasteiger partial charge is 0.370 e. The summed E-state index contributed by atoms with van der Waals surface area (Å²) in [6.45, 7) is 0.545. The molecule has 0 bridgehead atoms. The van der Waals surface area contributed by atoms with E-state index in [9.17, 15) is 0 Å². The molecular weight excluding hydrogens is 330 g/mol. The van der Waals surface area contributed by atoms with Crippen molar-refractivity contribution >= 4 is 45.3 Å². The second-order valence-electron chi connectivity index (χ2n) is 6.77. The minimum atomic E-state index is 0.426. The van der Waals surface area contributed by atoms with Crippen molar-refractivity contribution in [3.63, 3.8) is 0 Å². The van der Waals surface area contributed by atoms with Crippen LogP contribution in [0, 0.1) is 0 Å². The maximum absolute atomic E-state index is 6.20. The number of nitrogens with one attached hydrogen (secondary N) is 1. The minimum absolute atomic E-state index is 0.426. The summed E-state index contributed by atoms with van der Waals surface area (Å²) in [5.74, 6) is 0.426. The smallest absolute Gasteiger partial charge is 0.193 e. The average molecular weight is 349 g/mol. The van der Waals surface area contributed by atoms with Crippen molar-refractivity contribution in [3.05, 3.63) is 89.5 Å². The van der Waals surface area contributed by atoms with E-state index in [-0.39, 0.29) is 0 Å². The molecular formula is C24H19N3. The summed E-state index contributed by atoms with van der Waals surface area (Å²) >= 11 is 0. The van der Waals surface area contributed by atoms with E-state index in [1.54, 1.807) is 0 Å². The van der Waals surface area contributed by atoms with Crippen LogP contribution in [0.2, 0.25) is 0 Å². The number of rotatable bonds is 3. The maximum atomic E-state index is 6.20. The molecule has 0 aliphatic heterocycles. The molecule has 4 aromatic rings. The fourth-order valence-electron chi connectivity index (χ4n) is 3.81. The zero-order valence-corrected chi connectivity index (χ0v) is 14.8. The van der Waals surface area contributed by atoms with Crippen molar-refractivity contribution in [2.75, 3.05) is 5.32 Å². The number of guanidine groups is 1. The Hall–Kier alpha value is -3.59. The van der Waals surface area contributed by atoms with Gasteiger partial charge in [0.05, 0.1) is 6.54 Å². The first-order chi connectivity index (χ1) is 13.3. The van der Waals surface area contributed by atoms with Gasteiger partial charge >= 0.3 is 0 Å². The summed E-state index contributed by atoms with van der Waals surface area (Å²) in [6.07, 6.45) is 4.30. The highest BCUT2D eigenvalue weighted by atomic mass is 15.1. The van der Waals surface area contributed by atoms with Gasteiger partial charge in [-0.05, 0) is 38.9 Å².